The maximum atomic E-state index is 13.4. The van der Waals surface area contributed by atoms with Gasteiger partial charge in [0, 0.05) is 44.6 Å². The number of nitrogens with one attached hydrogen (secondary N) is 3. The number of imidazole rings is 1. The molecule has 1 fully saturated rings. The van der Waals surface area contributed by atoms with Crippen LogP contribution in [0, 0.1) is 5.82 Å². The second kappa shape index (κ2) is 11.5. The van der Waals surface area contributed by atoms with Gasteiger partial charge in [0.2, 0.25) is 5.95 Å². The van der Waals surface area contributed by atoms with Crippen LogP contribution in [0.15, 0.2) is 61.1 Å². The molecule has 192 valence electrons. The van der Waals surface area contributed by atoms with Crippen molar-refractivity contribution in [3.8, 4) is 0 Å². The number of benzene rings is 1. The molecule has 9 nitrogen and oxygen atoms in total. The number of nitrogens with zero attached hydrogens (tertiary/aromatic N) is 5. The van der Waals surface area contributed by atoms with Crippen molar-refractivity contribution in [2.24, 2.45) is 0 Å². The van der Waals surface area contributed by atoms with Gasteiger partial charge in [0.05, 0.1) is 24.1 Å². The number of halogens is 1. The third kappa shape index (κ3) is 6.30. The van der Waals surface area contributed by atoms with Gasteiger partial charge in [-0.3, -0.25) is 9.55 Å². The Morgan fingerprint density at radius 1 is 1.11 bits per heavy atom. The lowest BCUT2D eigenvalue weighted by atomic mass is 10.1. The van der Waals surface area contributed by atoms with E-state index in [4.69, 9.17) is 22.9 Å². The number of likely N-dealkylation sites (tertiary alicyclic amines) is 1. The quantitative estimate of drug-likeness (QED) is 0.260. The van der Waals surface area contributed by atoms with E-state index in [-0.39, 0.29) is 5.82 Å². The number of aromatic nitrogens is 4. The molecular weight excluding hydrogens is 489 g/mol. The fourth-order valence-corrected chi connectivity index (χ4v) is 4.69. The van der Waals surface area contributed by atoms with Crippen LogP contribution in [-0.4, -0.2) is 61.8 Å². The normalized spacial score (nSPS) is 14.5. The topological polar surface area (TPSA) is 109 Å². The second-order valence-electron chi connectivity index (χ2n) is 9.10. The van der Waals surface area contributed by atoms with E-state index in [0.717, 1.165) is 61.7 Å². The number of nitrogen functional groups attached to an aromatic ring is 1. The highest BCUT2D eigenvalue weighted by Crippen LogP contribution is 2.23. The van der Waals surface area contributed by atoms with Crippen molar-refractivity contribution in [1.82, 2.24) is 29.7 Å². The van der Waals surface area contributed by atoms with Crippen LogP contribution in [0.3, 0.4) is 0 Å². The first kappa shape index (κ1) is 24.8. The lowest BCUT2D eigenvalue weighted by Gasteiger charge is -2.32. The van der Waals surface area contributed by atoms with Gasteiger partial charge in [0.25, 0.3) is 0 Å². The molecule has 1 aliphatic rings. The first-order valence-electron chi connectivity index (χ1n) is 12.3. The Kier molecular flexibility index (Phi) is 7.71. The third-order valence-corrected chi connectivity index (χ3v) is 6.74. The summed E-state index contributed by atoms with van der Waals surface area (Å²) in [6.45, 7) is 4.16. The first-order chi connectivity index (χ1) is 18.0. The zero-order valence-corrected chi connectivity index (χ0v) is 21.2. The van der Waals surface area contributed by atoms with Crippen molar-refractivity contribution in [3.63, 3.8) is 0 Å². The number of nitrogens with two attached hydrogens (primary N) is 1. The lowest BCUT2D eigenvalue weighted by molar-refractivity contribution is 0.222. The lowest BCUT2D eigenvalue weighted by Crippen LogP contribution is -2.43. The van der Waals surface area contributed by atoms with Crippen LogP contribution in [-0.2, 0) is 6.54 Å². The van der Waals surface area contributed by atoms with Gasteiger partial charge in [0.1, 0.15) is 11.3 Å². The molecule has 11 heteroatoms. The Bertz CT molecular complexity index is 1350. The van der Waals surface area contributed by atoms with Crippen molar-refractivity contribution >= 4 is 45.8 Å². The Morgan fingerprint density at radius 2 is 1.92 bits per heavy atom. The summed E-state index contributed by atoms with van der Waals surface area (Å²) >= 11 is 5.38. The van der Waals surface area contributed by atoms with Crippen molar-refractivity contribution < 1.29 is 4.39 Å². The zero-order chi connectivity index (χ0) is 25.6. The molecule has 1 aromatic carbocycles. The Morgan fingerprint density at radius 3 is 2.70 bits per heavy atom. The molecule has 3 aromatic heterocycles. The zero-order valence-electron chi connectivity index (χ0n) is 20.4. The van der Waals surface area contributed by atoms with Crippen LogP contribution in [0.4, 0.5) is 21.7 Å². The van der Waals surface area contributed by atoms with Gasteiger partial charge < -0.3 is 26.6 Å². The number of hydrogen-bond acceptors (Lipinski definition) is 7. The summed E-state index contributed by atoms with van der Waals surface area (Å²) in [5, 5.41) is 10.5. The molecular formula is C26H30FN9S. The smallest absolute Gasteiger partial charge is 0.205 e. The average Bonchev–Trinajstić information content (AvgIpc) is 3.24. The van der Waals surface area contributed by atoms with Crippen LogP contribution in [0.2, 0.25) is 0 Å². The SMILES string of the molecule is Nc1ccncc1NC(=S)NCCN1CCC(Nc2nc3cccnc3n2Cc2ccc(F)cc2)CC1. The summed E-state index contributed by atoms with van der Waals surface area (Å²) in [5.41, 5.74) is 9.89. The van der Waals surface area contributed by atoms with E-state index < -0.39 is 0 Å². The molecule has 0 saturated carbocycles. The molecule has 1 saturated heterocycles. The average molecular weight is 520 g/mol. The minimum atomic E-state index is -0.242. The molecule has 0 aliphatic carbocycles. The predicted molar refractivity (Wildman–Crippen MR) is 149 cm³/mol. The maximum absolute atomic E-state index is 13.4. The summed E-state index contributed by atoms with van der Waals surface area (Å²) in [4.78, 5) is 15.8. The van der Waals surface area contributed by atoms with Gasteiger partial charge in [-0.1, -0.05) is 12.1 Å². The summed E-state index contributed by atoms with van der Waals surface area (Å²) in [6, 6.07) is 12.5. The van der Waals surface area contributed by atoms with Gasteiger partial charge in [-0.05, 0) is 61.0 Å². The predicted octanol–water partition coefficient (Wildman–Crippen LogP) is 3.46. The van der Waals surface area contributed by atoms with Crippen LogP contribution in [0.1, 0.15) is 18.4 Å². The number of rotatable bonds is 8. The number of thiocarbonyl (C=S) groups is 1. The van der Waals surface area contributed by atoms with Crippen molar-refractivity contribution in [2.45, 2.75) is 25.4 Å². The van der Waals surface area contributed by atoms with Crippen LogP contribution in [0.25, 0.3) is 11.2 Å². The van der Waals surface area contributed by atoms with E-state index >= 15 is 0 Å². The highest BCUT2D eigenvalue weighted by Gasteiger charge is 2.21. The van der Waals surface area contributed by atoms with Gasteiger partial charge in [0.15, 0.2) is 10.8 Å². The number of pyridine rings is 2. The van der Waals surface area contributed by atoms with E-state index in [0.29, 0.717) is 29.1 Å². The van der Waals surface area contributed by atoms with Gasteiger partial charge in [-0.15, -0.1) is 0 Å². The Hall–Kier alpha value is -3.83. The molecule has 4 aromatic rings. The summed E-state index contributed by atoms with van der Waals surface area (Å²) in [5.74, 6) is 0.554. The summed E-state index contributed by atoms with van der Waals surface area (Å²) < 4.78 is 15.5. The summed E-state index contributed by atoms with van der Waals surface area (Å²) in [6.07, 6.45) is 7.08. The van der Waals surface area contributed by atoms with Gasteiger partial charge >= 0.3 is 0 Å². The fourth-order valence-electron chi connectivity index (χ4n) is 4.48. The summed E-state index contributed by atoms with van der Waals surface area (Å²) in [7, 11) is 0. The molecule has 0 amide bonds. The molecule has 37 heavy (non-hydrogen) atoms. The maximum Gasteiger partial charge on any atom is 0.205 e. The van der Waals surface area contributed by atoms with E-state index in [2.05, 4.69) is 35.4 Å². The molecule has 1 aliphatic heterocycles. The highest BCUT2D eigenvalue weighted by atomic mass is 32.1. The van der Waals surface area contributed by atoms with Crippen molar-refractivity contribution in [1.29, 1.82) is 0 Å². The van der Waals surface area contributed by atoms with E-state index in [1.807, 2.05) is 12.1 Å². The van der Waals surface area contributed by atoms with E-state index in [1.54, 1.807) is 36.8 Å². The number of fused-ring (bicyclic) bond motifs is 1. The Labute approximate surface area is 220 Å². The molecule has 5 rings (SSSR count). The van der Waals surface area contributed by atoms with Gasteiger partial charge in [-0.25, -0.2) is 14.4 Å². The fraction of sp³-hybridized carbons (Fsp3) is 0.308. The third-order valence-electron chi connectivity index (χ3n) is 6.50. The second-order valence-corrected chi connectivity index (χ2v) is 9.51. The monoisotopic (exact) mass is 519 g/mol. The molecule has 0 unspecified atom stereocenters. The molecule has 5 N–H and O–H groups in total. The number of hydrogen-bond donors (Lipinski definition) is 4. The first-order valence-corrected chi connectivity index (χ1v) is 12.7. The van der Waals surface area contributed by atoms with Gasteiger partial charge in [-0.2, -0.15) is 0 Å². The van der Waals surface area contributed by atoms with Crippen molar-refractivity contribution in [3.05, 3.63) is 72.4 Å². The van der Waals surface area contributed by atoms with E-state index in [9.17, 15) is 4.39 Å². The minimum Gasteiger partial charge on any atom is -0.397 e. The molecule has 0 radical (unpaired) electrons. The highest BCUT2D eigenvalue weighted by molar-refractivity contribution is 7.80. The molecule has 0 spiro atoms. The molecule has 0 bridgehead atoms. The standard InChI is InChI=1S/C26H30FN9S/c27-19-5-3-18(4-6-19)17-36-24-22(2-1-10-30-24)33-25(36)32-20-8-13-35(14-9-20)15-12-31-26(37)34-23-16-29-11-7-21(23)28/h1-7,10-11,16,20H,8-9,12-15,17H2,(H2,28,29)(H,32,33)(H2,31,34,37). The van der Waals surface area contributed by atoms with Crippen LogP contribution >= 0.6 is 12.2 Å². The van der Waals surface area contributed by atoms with Crippen LogP contribution < -0.4 is 21.7 Å². The molecule has 0 atom stereocenters. The van der Waals surface area contributed by atoms with Crippen molar-refractivity contribution in [2.75, 3.05) is 42.5 Å². The van der Waals surface area contributed by atoms with E-state index in [1.165, 1.54) is 12.1 Å². The molecule has 4 heterocycles. The minimum absolute atomic E-state index is 0.242. The Balaban J connectivity index is 1.13. The number of anilines is 3. The number of piperidine rings is 1. The van der Waals surface area contributed by atoms with Crippen LogP contribution in [0.5, 0.6) is 0 Å². The largest absolute Gasteiger partial charge is 0.397 e.